The molecular weight excluding hydrogens is 312 g/mol. The zero-order valence-electron chi connectivity index (χ0n) is 13.6. The van der Waals surface area contributed by atoms with Gasteiger partial charge in [-0.1, -0.05) is 23.4 Å². The maximum absolute atomic E-state index is 12.3. The highest BCUT2D eigenvalue weighted by molar-refractivity contribution is 7.89. The second-order valence-corrected chi connectivity index (χ2v) is 7.82. The van der Waals surface area contributed by atoms with Crippen LogP contribution in [0.15, 0.2) is 27.6 Å². The quantitative estimate of drug-likeness (QED) is 0.912. The van der Waals surface area contributed by atoms with Gasteiger partial charge in [-0.25, -0.2) is 13.1 Å². The molecule has 5 nitrogen and oxygen atoms in total. The Labute approximate surface area is 137 Å². The molecule has 2 aromatic rings. The van der Waals surface area contributed by atoms with E-state index in [1.807, 2.05) is 0 Å². The minimum atomic E-state index is -3.57. The number of rotatable bonds is 5. The molecule has 1 N–H and O–H groups in total. The Balaban J connectivity index is 1.65. The lowest BCUT2D eigenvalue weighted by Gasteiger charge is -2.16. The van der Waals surface area contributed by atoms with Crippen molar-refractivity contribution in [1.29, 1.82) is 0 Å². The highest BCUT2D eigenvalue weighted by Gasteiger charge is 2.23. The van der Waals surface area contributed by atoms with Gasteiger partial charge in [-0.3, -0.25) is 0 Å². The first-order valence-electron chi connectivity index (χ1n) is 8.00. The van der Waals surface area contributed by atoms with Gasteiger partial charge in [0.2, 0.25) is 10.0 Å². The number of hydrogen-bond donors (Lipinski definition) is 1. The van der Waals surface area contributed by atoms with Crippen LogP contribution in [0.2, 0.25) is 0 Å². The van der Waals surface area contributed by atoms with Crippen molar-refractivity contribution >= 4 is 10.0 Å². The van der Waals surface area contributed by atoms with E-state index in [2.05, 4.69) is 28.1 Å². The summed E-state index contributed by atoms with van der Waals surface area (Å²) in [7, 11) is -3.57. The fourth-order valence-corrected chi connectivity index (χ4v) is 4.56. The lowest BCUT2D eigenvalue weighted by Crippen LogP contribution is -2.26. The van der Waals surface area contributed by atoms with Gasteiger partial charge in [-0.05, 0) is 62.6 Å². The number of benzene rings is 1. The molecule has 0 fully saturated rings. The Hall–Kier alpha value is -1.66. The minimum Gasteiger partial charge on any atom is -0.360 e. The van der Waals surface area contributed by atoms with E-state index in [0.717, 1.165) is 12.8 Å². The number of fused-ring (bicyclic) bond motifs is 1. The van der Waals surface area contributed by atoms with Gasteiger partial charge in [0.1, 0.15) is 10.6 Å². The van der Waals surface area contributed by atoms with Crippen molar-refractivity contribution in [2.45, 2.75) is 50.8 Å². The fourth-order valence-electron chi connectivity index (χ4n) is 3.20. The molecule has 1 heterocycles. The molecule has 0 bridgehead atoms. The van der Waals surface area contributed by atoms with E-state index in [1.165, 1.54) is 29.5 Å². The summed E-state index contributed by atoms with van der Waals surface area (Å²) in [5.74, 6) is 0.323. The first-order chi connectivity index (χ1) is 11.0. The van der Waals surface area contributed by atoms with E-state index in [1.54, 1.807) is 13.8 Å². The van der Waals surface area contributed by atoms with E-state index in [4.69, 9.17) is 4.52 Å². The summed E-state index contributed by atoms with van der Waals surface area (Å²) in [5.41, 5.74) is 4.43. The number of hydrogen-bond acceptors (Lipinski definition) is 4. The smallest absolute Gasteiger partial charge is 0.245 e. The summed E-state index contributed by atoms with van der Waals surface area (Å²) < 4.78 is 32.3. The molecule has 1 aliphatic rings. The molecule has 0 aliphatic heterocycles. The van der Waals surface area contributed by atoms with Gasteiger partial charge in [-0.15, -0.1) is 0 Å². The number of aryl methyl sites for hydroxylation is 4. The van der Waals surface area contributed by atoms with E-state index >= 15 is 0 Å². The van der Waals surface area contributed by atoms with E-state index in [0.29, 0.717) is 24.4 Å². The molecule has 3 rings (SSSR count). The number of nitrogens with one attached hydrogen (secondary N) is 1. The van der Waals surface area contributed by atoms with Crippen molar-refractivity contribution in [1.82, 2.24) is 9.88 Å². The second-order valence-electron chi connectivity index (χ2n) is 6.11. The van der Waals surface area contributed by atoms with Crippen LogP contribution in [-0.2, 0) is 29.3 Å². The van der Waals surface area contributed by atoms with Gasteiger partial charge in [0, 0.05) is 6.54 Å². The van der Waals surface area contributed by atoms with Crippen LogP contribution in [0.5, 0.6) is 0 Å². The summed E-state index contributed by atoms with van der Waals surface area (Å²) >= 11 is 0. The summed E-state index contributed by atoms with van der Waals surface area (Å²) in [4.78, 5) is 0.156. The highest BCUT2D eigenvalue weighted by atomic mass is 32.2. The third kappa shape index (κ3) is 3.48. The average molecular weight is 334 g/mol. The minimum absolute atomic E-state index is 0.156. The van der Waals surface area contributed by atoms with Crippen molar-refractivity contribution in [2.24, 2.45) is 0 Å². The predicted octanol–water partition coefficient (Wildman–Crippen LogP) is 2.69. The molecule has 124 valence electrons. The topological polar surface area (TPSA) is 72.2 Å². The molecule has 0 saturated carbocycles. The monoisotopic (exact) mass is 334 g/mol. The van der Waals surface area contributed by atoms with Gasteiger partial charge in [0.05, 0.1) is 0 Å². The van der Waals surface area contributed by atoms with E-state index < -0.39 is 10.0 Å². The second kappa shape index (κ2) is 6.45. The molecule has 0 amide bonds. The Kier molecular flexibility index (Phi) is 4.55. The molecule has 0 unspecified atom stereocenters. The molecule has 1 aliphatic carbocycles. The van der Waals surface area contributed by atoms with Crippen molar-refractivity contribution in [3.8, 4) is 0 Å². The van der Waals surface area contributed by atoms with Crippen molar-refractivity contribution < 1.29 is 12.9 Å². The normalized spacial score (nSPS) is 14.7. The zero-order valence-corrected chi connectivity index (χ0v) is 14.4. The zero-order chi connectivity index (χ0) is 16.4. The van der Waals surface area contributed by atoms with Crippen LogP contribution in [0.1, 0.15) is 41.0 Å². The van der Waals surface area contributed by atoms with Gasteiger partial charge in [-0.2, -0.15) is 0 Å². The Morgan fingerprint density at radius 3 is 2.61 bits per heavy atom. The third-order valence-corrected chi connectivity index (χ3v) is 6.06. The molecule has 0 saturated heterocycles. The molecule has 1 aromatic heterocycles. The maximum Gasteiger partial charge on any atom is 0.245 e. The lowest BCUT2D eigenvalue weighted by molar-refractivity contribution is 0.390. The van der Waals surface area contributed by atoms with E-state index in [-0.39, 0.29) is 4.90 Å². The van der Waals surface area contributed by atoms with Crippen LogP contribution in [0.3, 0.4) is 0 Å². The number of aromatic nitrogens is 1. The Morgan fingerprint density at radius 1 is 1.17 bits per heavy atom. The number of nitrogens with zero attached hydrogens (tertiary/aromatic N) is 1. The molecule has 0 spiro atoms. The lowest BCUT2D eigenvalue weighted by atomic mass is 9.90. The van der Waals surface area contributed by atoms with Crippen molar-refractivity contribution in [2.75, 3.05) is 6.54 Å². The van der Waals surface area contributed by atoms with Crippen molar-refractivity contribution in [3.05, 3.63) is 46.3 Å². The standard InChI is InChI=1S/C17H22N2O3S/c1-12-17(13(2)22-19-12)23(20,21)18-10-9-14-7-8-15-5-3-4-6-16(15)11-14/h7-8,11,18H,3-6,9-10H2,1-2H3. The van der Waals surface area contributed by atoms with Crippen LogP contribution in [0.25, 0.3) is 0 Å². The largest absolute Gasteiger partial charge is 0.360 e. The van der Waals surface area contributed by atoms with E-state index in [9.17, 15) is 8.42 Å². The molecule has 0 atom stereocenters. The predicted molar refractivity (Wildman–Crippen MR) is 88.0 cm³/mol. The molecule has 0 radical (unpaired) electrons. The van der Waals surface area contributed by atoms with Gasteiger partial charge < -0.3 is 4.52 Å². The van der Waals surface area contributed by atoms with Crippen LogP contribution in [0.4, 0.5) is 0 Å². The van der Waals surface area contributed by atoms with Gasteiger partial charge in [0.15, 0.2) is 5.76 Å². The Morgan fingerprint density at radius 2 is 1.91 bits per heavy atom. The highest BCUT2D eigenvalue weighted by Crippen LogP contribution is 2.22. The molecule has 1 aromatic carbocycles. The molecule has 6 heteroatoms. The summed E-state index contributed by atoms with van der Waals surface area (Å²) in [6.07, 6.45) is 5.48. The van der Waals surface area contributed by atoms with Gasteiger partial charge >= 0.3 is 0 Å². The third-order valence-electron chi connectivity index (χ3n) is 4.36. The SMILES string of the molecule is Cc1noc(C)c1S(=O)(=O)NCCc1ccc2c(c1)CCCC2. The summed E-state index contributed by atoms with van der Waals surface area (Å²) in [5, 5.41) is 3.70. The fraction of sp³-hybridized carbons (Fsp3) is 0.471. The number of sulfonamides is 1. The van der Waals surface area contributed by atoms with Crippen LogP contribution < -0.4 is 4.72 Å². The van der Waals surface area contributed by atoms with Crippen LogP contribution >= 0.6 is 0 Å². The maximum atomic E-state index is 12.3. The molecular formula is C17H22N2O3S. The van der Waals surface area contributed by atoms with Crippen LogP contribution in [-0.4, -0.2) is 20.1 Å². The van der Waals surface area contributed by atoms with Gasteiger partial charge in [0.25, 0.3) is 0 Å². The Bertz CT molecular complexity index is 790. The first kappa shape index (κ1) is 16.2. The first-order valence-corrected chi connectivity index (χ1v) is 9.49. The summed E-state index contributed by atoms with van der Waals surface area (Å²) in [6, 6.07) is 6.51. The average Bonchev–Trinajstić information content (AvgIpc) is 2.86. The van der Waals surface area contributed by atoms with Crippen LogP contribution in [0, 0.1) is 13.8 Å². The van der Waals surface area contributed by atoms with Crippen molar-refractivity contribution in [3.63, 3.8) is 0 Å². The summed E-state index contributed by atoms with van der Waals surface area (Å²) in [6.45, 7) is 3.61. The molecule has 23 heavy (non-hydrogen) atoms.